The van der Waals surface area contributed by atoms with Crippen molar-refractivity contribution in [2.24, 2.45) is 0 Å². The predicted octanol–water partition coefficient (Wildman–Crippen LogP) is 3.97. The van der Waals surface area contributed by atoms with Crippen molar-refractivity contribution in [3.05, 3.63) is 65.5 Å². The van der Waals surface area contributed by atoms with E-state index in [0.717, 1.165) is 18.6 Å². The summed E-state index contributed by atoms with van der Waals surface area (Å²) in [5.41, 5.74) is 3.22. The second kappa shape index (κ2) is 9.87. The minimum absolute atomic E-state index is 0.0929. The van der Waals surface area contributed by atoms with Gasteiger partial charge in [0.2, 0.25) is 0 Å². The molecule has 6 heteroatoms. The Morgan fingerprint density at radius 2 is 1.97 bits per heavy atom. The summed E-state index contributed by atoms with van der Waals surface area (Å²) >= 11 is 0. The van der Waals surface area contributed by atoms with E-state index in [9.17, 15) is 4.79 Å². The Kier molecular flexibility index (Phi) is 6.77. The van der Waals surface area contributed by atoms with Gasteiger partial charge >= 0.3 is 0 Å². The Morgan fingerprint density at radius 1 is 1.17 bits per heavy atom. The fourth-order valence-electron chi connectivity index (χ4n) is 4.06. The molecule has 1 fully saturated rings. The van der Waals surface area contributed by atoms with Crippen molar-refractivity contribution in [1.82, 2.24) is 15.2 Å². The highest BCUT2D eigenvalue weighted by molar-refractivity contribution is 5.97. The molecule has 2 heterocycles. The molecule has 4 rings (SSSR count). The van der Waals surface area contributed by atoms with E-state index in [1.807, 2.05) is 12.1 Å². The number of carbonyl (C=O) groups excluding carboxylic acids is 1. The zero-order valence-corrected chi connectivity index (χ0v) is 17.5. The number of aromatic nitrogens is 1. The number of benzene rings is 2. The number of ether oxygens (including phenoxy) is 1. The Morgan fingerprint density at radius 3 is 2.73 bits per heavy atom. The molecule has 1 atom stereocenters. The first-order valence-electron chi connectivity index (χ1n) is 10.7. The number of nitrogens with one attached hydrogen (secondary N) is 1. The number of rotatable bonds is 8. The monoisotopic (exact) mass is 407 g/mol. The van der Waals surface area contributed by atoms with Crippen LogP contribution in [0.25, 0.3) is 11.1 Å². The fraction of sp³-hybridized carbons (Fsp3) is 0.417. The second-order valence-electron chi connectivity index (χ2n) is 7.77. The summed E-state index contributed by atoms with van der Waals surface area (Å²) in [7, 11) is 1.65. The molecule has 3 aromatic rings. The lowest BCUT2D eigenvalue weighted by Gasteiger charge is -2.35. The van der Waals surface area contributed by atoms with Crippen LogP contribution in [0.5, 0.6) is 0 Å². The van der Waals surface area contributed by atoms with Gasteiger partial charge in [-0.2, -0.15) is 0 Å². The fourth-order valence-corrected chi connectivity index (χ4v) is 4.06. The lowest BCUT2D eigenvalue weighted by molar-refractivity contribution is 0.0924. The van der Waals surface area contributed by atoms with Gasteiger partial charge in [-0.25, -0.2) is 4.98 Å². The van der Waals surface area contributed by atoms with Gasteiger partial charge in [-0.15, -0.1) is 0 Å². The summed E-state index contributed by atoms with van der Waals surface area (Å²) < 4.78 is 10.8. The Bertz CT molecular complexity index is 964. The van der Waals surface area contributed by atoms with Gasteiger partial charge in [-0.05, 0) is 49.7 Å². The van der Waals surface area contributed by atoms with Crippen LogP contribution in [0.4, 0.5) is 0 Å². The summed E-state index contributed by atoms with van der Waals surface area (Å²) in [5.74, 6) is 0.531. The van der Waals surface area contributed by atoms with Crippen molar-refractivity contribution >= 4 is 17.0 Å². The maximum atomic E-state index is 12.9. The quantitative estimate of drug-likeness (QED) is 0.612. The summed E-state index contributed by atoms with van der Waals surface area (Å²) in [6, 6.07) is 16.0. The molecular formula is C24H29N3O3. The van der Waals surface area contributed by atoms with Crippen LogP contribution >= 0.6 is 0 Å². The first-order valence-corrected chi connectivity index (χ1v) is 10.7. The van der Waals surface area contributed by atoms with Crippen molar-refractivity contribution in [2.75, 3.05) is 33.4 Å². The van der Waals surface area contributed by atoms with Gasteiger partial charge in [0.1, 0.15) is 5.52 Å². The Balaban J connectivity index is 1.46. The van der Waals surface area contributed by atoms with Crippen LogP contribution in [0.1, 0.15) is 47.1 Å². The van der Waals surface area contributed by atoms with E-state index in [0.29, 0.717) is 36.6 Å². The van der Waals surface area contributed by atoms with Gasteiger partial charge in [0.25, 0.3) is 5.91 Å². The number of hydrogen-bond acceptors (Lipinski definition) is 5. The molecular weight excluding hydrogens is 378 g/mol. The van der Waals surface area contributed by atoms with Gasteiger partial charge in [-0.3, -0.25) is 9.69 Å². The van der Waals surface area contributed by atoms with Crippen molar-refractivity contribution in [3.63, 3.8) is 0 Å². The van der Waals surface area contributed by atoms with Crippen molar-refractivity contribution in [2.45, 2.75) is 31.7 Å². The van der Waals surface area contributed by atoms with E-state index < -0.39 is 0 Å². The third-order valence-corrected chi connectivity index (χ3v) is 5.69. The zero-order valence-electron chi connectivity index (χ0n) is 17.5. The summed E-state index contributed by atoms with van der Waals surface area (Å²) in [4.78, 5) is 19.8. The molecule has 0 radical (unpaired) electrons. The zero-order chi connectivity index (χ0) is 20.8. The van der Waals surface area contributed by atoms with Gasteiger partial charge < -0.3 is 14.5 Å². The van der Waals surface area contributed by atoms with Crippen LogP contribution in [-0.2, 0) is 11.2 Å². The standard InChI is InChI=1S/C24H29N3O3/c1-29-15-12-23-26-20-11-10-19(16-22(20)30-23)24(28)25-17-21(18-8-4-2-5-9-18)27-13-6-3-7-14-27/h2,4-5,8-11,16,21H,3,6-7,12-15,17H2,1H3,(H,25,28). The van der Waals surface area contributed by atoms with Crippen LogP contribution < -0.4 is 5.32 Å². The molecule has 1 N–H and O–H groups in total. The maximum absolute atomic E-state index is 12.9. The number of nitrogens with zero attached hydrogens (tertiary/aromatic N) is 2. The molecule has 6 nitrogen and oxygen atoms in total. The lowest BCUT2D eigenvalue weighted by atomic mass is 10.0. The van der Waals surface area contributed by atoms with Gasteiger partial charge in [0, 0.05) is 25.6 Å². The van der Waals surface area contributed by atoms with E-state index in [-0.39, 0.29) is 11.9 Å². The third-order valence-electron chi connectivity index (χ3n) is 5.69. The molecule has 1 unspecified atom stereocenters. The van der Waals surface area contributed by atoms with Gasteiger partial charge in [-0.1, -0.05) is 36.8 Å². The summed E-state index contributed by atoms with van der Waals surface area (Å²) in [5, 5.41) is 3.14. The normalized spacial score (nSPS) is 15.9. The molecule has 2 aromatic carbocycles. The van der Waals surface area contributed by atoms with Crippen molar-refractivity contribution < 1.29 is 13.9 Å². The molecule has 0 bridgehead atoms. The number of amides is 1. The number of methoxy groups -OCH3 is 1. The molecule has 1 aliphatic heterocycles. The van der Waals surface area contributed by atoms with E-state index in [1.165, 1.54) is 24.8 Å². The predicted molar refractivity (Wildman–Crippen MR) is 117 cm³/mol. The Labute approximate surface area is 177 Å². The van der Waals surface area contributed by atoms with Crippen LogP contribution in [0, 0.1) is 0 Å². The molecule has 30 heavy (non-hydrogen) atoms. The smallest absolute Gasteiger partial charge is 0.251 e. The summed E-state index contributed by atoms with van der Waals surface area (Å²) in [6.45, 7) is 3.28. The number of hydrogen-bond donors (Lipinski definition) is 1. The van der Waals surface area contributed by atoms with E-state index in [1.54, 1.807) is 19.2 Å². The average molecular weight is 408 g/mol. The van der Waals surface area contributed by atoms with Crippen LogP contribution in [-0.4, -0.2) is 49.1 Å². The molecule has 0 spiro atoms. The minimum Gasteiger partial charge on any atom is -0.441 e. The topological polar surface area (TPSA) is 67.6 Å². The summed E-state index contributed by atoms with van der Waals surface area (Å²) in [6.07, 6.45) is 4.32. The Hall–Kier alpha value is -2.70. The highest BCUT2D eigenvalue weighted by atomic mass is 16.5. The highest BCUT2D eigenvalue weighted by Gasteiger charge is 2.23. The van der Waals surface area contributed by atoms with Crippen molar-refractivity contribution in [3.8, 4) is 0 Å². The van der Waals surface area contributed by atoms with Crippen LogP contribution in [0.3, 0.4) is 0 Å². The number of fused-ring (bicyclic) bond motifs is 1. The van der Waals surface area contributed by atoms with Crippen LogP contribution in [0.2, 0.25) is 0 Å². The largest absolute Gasteiger partial charge is 0.441 e. The van der Waals surface area contributed by atoms with E-state index in [2.05, 4.69) is 39.5 Å². The van der Waals surface area contributed by atoms with E-state index in [4.69, 9.17) is 9.15 Å². The molecule has 1 amide bonds. The molecule has 1 saturated heterocycles. The number of likely N-dealkylation sites (tertiary alicyclic amines) is 1. The first-order chi connectivity index (χ1) is 14.7. The molecule has 0 saturated carbocycles. The molecule has 1 aliphatic rings. The lowest BCUT2D eigenvalue weighted by Crippen LogP contribution is -2.40. The number of oxazole rings is 1. The average Bonchev–Trinajstić information content (AvgIpc) is 3.21. The molecule has 158 valence electrons. The second-order valence-corrected chi connectivity index (χ2v) is 7.77. The van der Waals surface area contributed by atoms with Gasteiger partial charge in [0.05, 0.1) is 12.6 Å². The third kappa shape index (κ3) is 4.89. The van der Waals surface area contributed by atoms with E-state index >= 15 is 0 Å². The number of carbonyl (C=O) groups is 1. The maximum Gasteiger partial charge on any atom is 0.251 e. The molecule has 0 aliphatic carbocycles. The molecule has 1 aromatic heterocycles. The SMILES string of the molecule is COCCc1nc2ccc(C(=O)NCC(c3ccccc3)N3CCCCC3)cc2o1. The minimum atomic E-state index is -0.0929. The van der Waals surface area contributed by atoms with Crippen LogP contribution in [0.15, 0.2) is 52.9 Å². The highest BCUT2D eigenvalue weighted by Crippen LogP contribution is 2.24. The number of piperidine rings is 1. The van der Waals surface area contributed by atoms with Crippen molar-refractivity contribution in [1.29, 1.82) is 0 Å². The van der Waals surface area contributed by atoms with Gasteiger partial charge in [0.15, 0.2) is 11.5 Å². The first kappa shape index (κ1) is 20.6.